The van der Waals surface area contributed by atoms with Crippen molar-refractivity contribution < 1.29 is 55.6 Å². The summed E-state index contributed by atoms with van der Waals surface area (Å²) in [4.78, 5) is 60.5. The van der Waals surface area contributed by atoms with E-state index in [0.29, 0.717) is 15.8 Å². The maximum Gasteiger partial charge on any atom is 0.482 e. The molecular weight excluding hydrogens is 944 g/mol. The first-order chi connectivity index (χ1) is 32.1. The molecule has 3 aliphatic carbocycles. The molecule has 0 radical (unpaired) electrons. The first-order valence-electron chi connectivity index (χ1n) is 23.4. The molecule has 1 aromatic heterocycles. The van der Waals surface area contributed by atoms with Crippen molar-refractivity contribution in [3.05, 3.63) is 76.3 Å². The molecule has 0 spiro atoms. The lowest BCUT2D eigenvalue weighted by Crippen LogP contribution is -2.65. The minimum absolute atomic E-state index is 0.00675. The van der Waals surface area contributed by atoms with Crippen LogP contribution >= 0.6 is 11.3 Å². The molecule has 3 aromatic rings. The van der Waals surface area contributed by atoms with Crippen LogP contribution in [0.5, 0.6) is 5.75 Å². The van der Waals surface area contributed by atoms with E-state index in [9.17, 15) is 22.8 Å². The quantitative estimate of drug-likeness (QED) is 0.104. The minimum Gasteiger partial charge on any atom is -0.496 e. The molecule has 2 aliphatic heterocycles. The third-order valence-corrected chi connectivity index (χ3v) is 21.2. The zero-order valence-corrected chi connectivity index (χ0v) is 44.3. The van der Waals surface area contributed by atoms with Crippen LogP contribution in [0.3, 0.4) is 0 Å². The highest BCUT2D eigenvalue weighted by molar-refractivity contribution is 7.87. The molecular formula is C47H67BN6O12S2Si. The Kier molecular flexibility index (Phi) is 14.8. The van der Waals surface area contributed by atoms with Crippen LogP contribution in [0.4, 0.5) is 14.7 Å². The summed E-state index contributed by atoms with van der Waals surface area (Å²) in [6.07, 6.45) is 0.934. The second-order valence-corrected chi connectivity index (χ2v) is 28.9. The lowest BCUT2D eigenvalue weighted by Gasteiger charge is -2.64. The van der Waals surface area contributed by atoms with Gasteiger partial charge in [-0.2, -0.15) is 8.42 Å². The summed E-state index contributed by atoms with van der Waals surface area (Å²) < 4.78 is 66.7. The predicted molar refractivity (Wildman–Crippen MR) is 263 cm³/mol. The van der Waals surface area contributed by atoms with Crippen LogP contribution in [0.25, 0.3) is 0 Å². The average molecular weight is 1010 g/mol. The summed E-state index contributed by atoms with van der Waals surface area (Å²) in [5.41, 5.74) is -0.0135. The van der Waals surface area contributed by atoms with Crippen molar-refractivity contribution in [2.24, 2.45) is 17.3 Å². The van der Waals surface area contributed by atoms with Crippen LogP contribution in [0, 0.1) is 17.3 Å². The number of rotatable bonds is 14. The zero-order valence-electron chi connectivity index (χ0n) is 41.7. The van der Waals surface area contributed by atoms with E-state index in [1.54, 1.807) is 39.0 Å². The van der Waals surface area contributed by atoms with Crippen molar-refractivity contribution in [3.63, 3.8) is 0 Å². The zero-order chi connectivity index (χ0) is 50.5. The van der Waals surface area contributed by atoms with Crippen molar-refractivity contribution in [2.75, 3.05) is 25.5 Å². The molecule has 8 rings (SSSR count). The Hall–Kier alpha value is -4.58. The number of hydrogen-bond donors (Lipinski definition) is 3. The number of nitrogens with zero attached hydrogens (tertiary/aromatic N) is 3. The number of hydrogen-bond acceptors (Lipinski definition) is 14. The highest BCUT2D eigenvalue weighted by Crippen LogP contribution is 2.65. The highest BCUT2D eigenvalue weighted by atomic mass is 32.2. The number of aromatic nitrogens is 1. The Bertz CT molecular complexity index is 2520. The van der Waals surface area contributed by atoms with E-state index in [-0.39, 0.29) is 77.2 Å². The standard InChI is InChI=1S/C47H67BN6O12S2Si/c1-44(2,3)63-40(56)32-21-16-20-30(38(32)61-10)24-36(48-64-35-26-31-25-34(46(31,7)8)47(35,9)65-48)50-39(55)37(33-28-67-41(49-33)52-43(58)62-27-29-18-14-13-15-19-29)51-42(57)53-22-17-23-54(68(53,59)60)66-69(11,12)45(4,5)6/h13-16,18-21,28,31,34-37H,17,22-27H2,1-12H3,(H,50,55)(H,51,57)(H,49,52,58)/t31?,34?,35?,36-,37?,47-/m0/s1. The average Bonchev–Trinajstić information content (AvgIpc) is 3.88. The van der Waals surface area contributed by atoms with Crippen molar-refractivity contribution in [1.29, 1.82) is 0 Å². The lowest BCUT2D eigenvalue weighted by atomic mass is 9.43. The number of anilines is 1. The van der Waals surface area contributed by atoms with Gasteiger partial charge in [0.25, 0.3) is 0 Å². The number of esters is 1. The van der Waals surface area contributed by atoms with E-state index in [4.69, 9.17) is 28.0 Å². The number of benzene rings is 2. The fourth-order valence-corrected chi connectivity index (χ4v) is 13.2. The van der Waals surface area contributed by atoms with E-state index in [1.165, 1.54) is 12.5 Å². The van der Waals surface area contributed by atoms with Gasteiger partial charge in [0.05, 0.1) is 30.4 Å². The third-order valence-electron chi connectivity index (χ3n) is 14.4. The molecule has 6 atom stereocenters. The molecule has 3 N–H and O–H groups in total. The van der Waals surface area contributed by atoms with Gasteiger partial charge in [-0.15, -0.1) is 11.3 Å². The maximum atomic E-state index is 15.1. The van der Waals surface area contributed by atoms with Gasteiger partial charge in [0.2, 0.25) is 14.2 Å². The number of amides is 4. The van der Waals surface area contributed by atoms with Crippen LogP contribution in [-0.2, 0) is 51.3 Å². The summed E-state index contributed by atoms with van der Waals surface area (Å²) in [6, 6.07) is 11.4. The number of para-hydroxylation sites is 1. The van der Waals surface area contributed by atoms with Gasteiger partial charge in [-0.1, -0.05) is 81.6 Å². The van der Waals surface area contributed by atoms with Gasteiger partial charge in [-0.3, -0.25) is 10.1 Å². The number of carbonyl (C=O) groups excluding carboxylic acids is 4. The van der Waals surface area contributed by atoms with Crippen molar-refractivity contribution in [3.8, 4) is 5.75 Å². The number of nitrogens with one attached hydrogen (secondary N) is 3. The molecule has 69 heavy (non-hydrogen) atoms. The lowest BCUT2D eigenvalue weighted by molar-refractivity contribution is -0.199. The van der Waals surface area contributed by atoms with Gasteiger partial charge in [0.1, 0.15) is 23.5 Å². The summed E-state index contributed by atoms with van der Waals surface area (Å²) in [5, 5.41) is 9.49. The predicted octanol–water partition coefficient (Wildman–Crippen LogP) is 7.79. The monoisotopic (exact) mass is 1010 g/mol. The van der Waals surface area contributed by atoms with E-state index >= 15 is 4.79 Å². The smallest absolute Gasteiger partial charge is 0.482 e. The van der Waals surface area contributed by atoms with E-state index in [1.807, 2.05) is 64.2 Å². The molecule has 22 heteroatoms. The van der Waals surface area contributed by atoms with Crippen molar-refractivity contribution in [1.82, 2.24) is 24.4 Å². The first-order valence-corrected chi connectivity index (χ1v) is 28.6. The normalized spacial score (nSPS) is 24.0. The van der Waals surface area contributed by atoms with Gasteiger partial charge in [-0.25, -0.2) is 23.7 Å². The summed E-state index contributed by atoms with van der Waals surface area (Å²) >= 11 is 0.975. The molecule has 2 saturated heterocycles. The molecule has 3 heterocycles. The third kappa shape index (κ3) is 11.0. The van der Waals surface area contributed by atoms with Gasteiger partial charge in [-0.05, 0) is 106 Å². The Morgan fingerprint density at radius 1 is 0.986 bits per heavy atom. The molecule has 2 aromatic carbocycles. The van der Waals surface area contributed by atoms with Crippen molar-refractivity contribution >= 4 is 66.1 Å². The minimum atomic E-state index is -4.54. The fourth-order valence-electron chi connectivity index (χ4n) is 9.44. The van der Waals surface area contributed by atoms with E-state index in [0.717, 1.165) is 34.2 Å². The van der Waals surface area contributed by atoms with Gasteiger partial charge < -0.3 is 38.7 Å². The van der Waals surface area contributed by atoms with E-state index in [2.05, 4.69) is 41.7 Å². The largest absolute Gasteiger partial charge is 0.496 e. The van der Waals surface area contributed by atoms with Crippen LogP contribution in [0.15, 0.2) is 53.9 Å². The van der Waals surface area contributed by atoms with Crippen LogP contribution < -0.4 is 20.7 Å². The van der Waals surface area contributed by atoms with E-state index < -0.39 is 72.8 Å². The Balaban J connectivity index is 1.21. The van der Waals surface area contributed by atoms with Gasteiger partial charge in [0, 0.05) is 18.5 Å². The molecule has 2 bridgehead atoms. The van der Waals surface area contributed by atoms with Gasteiger partial charge in [0.15, 0.2) is 11.2 Å². The molecule has 5 aliphatic rings. The molecule has 3 saturated carbocycles. The second-order valence-electron chi connectivity index (χ2n) is 21.6. The first kappa shape index (κ1) is 52.3. The Labute approximate surface area is 411 Å². The van der Waals surface area contributed by atoms with Crippen LogP contribution in [0.1, 0.15) is 115 Å². The SMILES string of the molecule is COc1c(C[C@H](NC(=O)C(NC(=O)N2CCCN(O[Si](C)(C)C(C)(C)C)S2(=O)=O)c2csc(NC(=O)OCc3ccccc3)n2)B2OC3CC4CC(C4(C)C)[C@]3(C)O2)cccc1C(=O)OC(C)(C)C. The molecule has 4 amide bonds. The number of ether oxygens (including phenoxy) is 3. The van der Waals surface area contributed by atoms with Crippen LogP contribution in [-0.4, -0.2) is 105 Å². The maximum absolute atomic E-state index is 15.1. The van der Waals surface area contributed by atoms with Crippen molar-refractivity contribution in [2.45, 2.75) is 142 Å². The summed E-state index contributed by atoms with van der Waals surface area (Å²) in [7, 11) is -6.80. The molecule has 376 valence electrons. The van der Waals surface area contributed by atoms with Gasteiger partial charge >= 0.3 is 35.4 Å². The topological polar surface area (TPSA) is 213 Å². The summed E-state index contributed by atoms with van der Waals surface area (Å²) in [5.74, 6) is -1.53. The molecule has 18 nitrogen and oxygen atoms in total. The number of carbonyl (C=O) groups is 4. The number of thiazole rings is 1. The molecule has 5 fully saturated rings. The summed E-state index contributed by atoms with van der Waals surface area (Å²) in [6.45, 7) is 21.4. The molecule has 4 unspecified atom stereocenters. The Morgan fingerprint density at radius 2 is 1.70 bits per heavy atom. The Morgan fingerprint density at radius 3 is 2.35 bits per heavy atom. The fraction of sp³-hybridized carbons (Fsp3) is 0.596. The highest BCUT2D eigenvalue weighted by Gasteiger charge is 2.68. The number of methoxy groups -OCH3 is 1. The number of hydroxylamine groups is 1. The second kappa shape index (κ2) is 19.6. The number of urea groups is 1. The van der Waals surface area contributed by atoms with Crippen LogP contribution in [0.2, 0.25) is 18.1 Å².